The topological polar surface area (TPSA) is 81.8 Å². The fourth-order valence-electron chi connectivity index (χ4n) is 1.16. The molecule has 0 aliphatic carbocycles. The van der Waals surface area contributed by atoms with Gasteiger partial charge >= 0.3 is 0 Å². The van der Waals surface area contributed by atoms with Crippen molar-refractivity contribution >= 4 is 15.9 Å². The average molecular weight is 198 g/mol. The molecule has 0 amide bonds. The smallest absolute Gasteiger partial charge is 0.286 e. The minimum Gasteiger partial charge on any atom is -0.390 e. The lowest BCUT2D eigenvalue weighted by atomic mass is 10.2. The highest BCUT2D eigenvalue weighted by atomic mass is 32.2. The van der Waals surface area contributed by atoms with E-state index < -0.39 is 10.0 Å². The van der Waals surface area contributed by atoms with Gasteiger partial charge in [0, 0.05) is 0 Å². The quantitative estimate of drug-likeness (QED) is 0.596. The van der Waals surface area contributed by atoms with Crippen LogP contribution in [0.15, 0.2) is 33.6 Å². The van der Waals surface area contributed by atoms with E-state index in [4.69, 9.17) is 5.90 Å². The van der Waals surface area contributed by atoms with Crippen LogP contribution in [0.5, 0.6) is 0 Å². The molecule has 0 radical (unpaired) electrons. The van der Waals surface area contributed by atoms with Crippen LogP contribution in [-0.2, 0) is 14.9 Å². The molecule has 5 nitrogen and oxygen atoms in total. The highest BCUT2D eigenvalue weighted by molar-refractivity contribution is 7.90. The molecule has 6 heteroatoms. The highest BCUT2D eigenvalue weighted by Crippen LogP contribution is 2.25. The molecule has 1 aromatic rings. The zero-order valence-electron chi connectivity index (χ0n) is 6.47. The number of benzene rings is 1. The van der Waals surface area contributed by atoms with Crippen molar-refractivity contribution in [2.45, 2.75) is 4.90 Å². The van der Waals surface area contributed by atoms with Gasteiger partial charge in [-0.05, 0) is 12.1 Å². The standard InChI is InChI=1S/C7H6N2O3S/c8-12-7-5-3-1-2-4-6(5)13(10,11)9-7/h1-4H,8H2. The molecule has 1 aromatic carbocycles. The predicted octanol–water partition coefficient (Wildman–Crippen LogP) is 0.0258. The lowest BCUT2D eigenvalue weighted by molar-refractivity contribution is 0.323. The first kappa shape index (κ1) is 8.21. The molecule has 0 aromatic heterocycles. The zero-order chi connectivity index (χ0) is 9.47. The summed E-state index contributed by atoms with van der Waals surface area (Å²) in [5.41, 5.74) is 0.407. The van der Waals surface area contributed by atoms with E-state index in [0.717, 1.165) is 0 Å². The minimum atomic E-state index is -3.58. The minimum absolute atomic E-state index is 0.0596. The van der Waals surface area contributed by atoms with E-state index in [9.17, 15) is 8.42 Å². The van der Waals surface area contributed by atoms with Crippen molar-refractivity contribution in [1.82, 2.24) is 0 Å². The summed E-state index contributed by atoms with van der Waals surface area (Å²) in [5, 5.41) is 0. The van der Waals surface area contributed by atoms with Gasteiger partial charge in [0.25, 0.3) is 15.9 Å². The Morgan fingerprint density at radius 2 is 2.00 bits per heavy atom. The monoisotopic (exact) mass is 198 g/mol. The molecule has 1 aliphatic heterocycles. The van der Waals surface area contributed by atoms with E-state index in [1.807, 2.05) is 0 Å². The van der Waals surface area contributed by atoms with Crippen LogP contribution < -0.4 is 5.90 Å². The second-order valence-electron chi connectivity index (χ2n) is 2.49. The Morgan fingerprint density at radius 3 is 2.69 bits per heavy atom. The van der Waals surface area contributed by atoms with Crippen LogP contribution >= 0.6 is 0 Å². The van der Waals surface area contributed by atoms with E-state index >= 15 is 0 Å². The third-order valence-electron chi connectivity index (χ3n) is 1.71. The number of nitrogens with two attached hydrogens (primary N) is 1. The molecule has 0 bridgehead atoms. The van der Waals surface area contributed by atoms with Crippen molar-refractivity contribution in [2.75, 3.05) is 0 Å². The maximum absolute atomic E-state index is 11.3. The predicted molar refractivity (Wildman–Crippen MR) is 45.4 cm³/mol. The van der Waals surface area contributed by atoms with Gasteiger partial charge in [-0.15, -0.1) is 4.40 Å². The maximum Gasteiger partial charge on any atom is 0.286 e. The van der Waals surface area contributed by atoms with E-state index in [1.54, 1.807) is 18.2 Å². The summed E-state index contributed by atoms with van der Waals surface area (Å²) in [6, 6.07) is 6.35. The molecule has 2 N–H and O–H groups in total. The van der Waals surface area contributed by atoms with E-state index in [2.05, 4.69) is 9.24 Å². The number of sulfonamides is 1. The molecule has 0 atom stereocenters. The van der Waals surface area contributed by atoms with Crippen LogP contribution in [0.1, 0.15) is 5.56 Å². The molecule has 13 heavy (non-hydrogen) atoms. The maximum atomic E-state index is 11.3. The van der Waals surface area contributed by atoms with Crippen LogP contribution in [0.25, 0.3) is 0 Å². The van der Waals surface area contributed by atoms with Gasteiger partial charge in [0.2, 0.25) is 0 Å². The summed E-state index contributed by atoms with van der Waals surface area (Å²) in [5.74, 6) is 4.81. The molecular weight excluding hydrogens is 192 g/mol. The highest BCUT2D eigenvalue weighted by Gasteiger charge is 2.29. The van der Waals surface area contributed by atoms with Gasteiger partial charge in [-0.1, -0.05) is 12.1 Å². The Hall–Kier alpha value is -1.40. The molecule has 0 unspecified atom stereocenters. The van der Waals surface area contributed by atoms with Gasteiger partial charge in [0.15, 0.2) is 0 Å². The summed E-state index contributed by atoms with van der Waals surface area (Å²) >= 11 is 0. The molecule has 1 aliphatic rings. The van der Waals surface area contributed by atoms with Crippen LogP contribution in [0.4, 0.5) is 0 Å². The SMILES string of the molecule is NOC1=NS(=O)(=O)c2ccccc21. The van der Waals surface area contributed by atoms with Crippen molar-refractivity contribution in [3.05, 3.63) is 29.8 Å². The Labute approximate surface area is 74.9 Å². The molecule has 0 spiro atoms. The number of hydrogen-bond donors (Lipinski definition) is 1. The first-order valence-electron chi connectivity index (χ1n) is 3.46. The fourth-order valence-corrected chi connectivity index (χ4v) is 2.30. The Bertz CT molecular complexity index is 478. The summed E-state index contributed by atoms with van der Waals surface area (Å²) in [6.07, 6.45) is 0. The number of rotatable bonds is 0. The summed E-state index contributed by atoms with van der Waals surface area (Å²) in [6.45, 7) is 0. The van der Waals surface area contributed by atoms with Crippen LogP contribution in [0.2, 0.25) is 0 Å². The normalized spacial score (nSPS) is 17.8. The third kappa shape index (κ3) is 1.11. The molecule has 0 saturated heterocycles. The summed E-state index contributed by atoms with van der Waals surface area (Å²) in [4.78, 5) is 4.48. The van der Waals surface area contributed by atoms with E-state index in [-0.39, 0.29) is 10.8 Å². The van der Waals surface area contributed by atoms with Crippen LogP contribution in [0.3, 0.4) is 0 Å². The Kier molecular flexibility index (Phi) is 1.61. The Balaban J connectivity index is 2.76. The molecule has 68 valence electrons. The Morgan fingerprint density at radius 1 is 1.31 bits per heavy atom. The van der Waals surface area contributed by atoms with Gasteiger partial charge in [0.1, 0.15) is 4.90 Å². The second kappa shape index (κ2) is 2.54. The first-order valence-corrected chi connectivity index (χ1v) is 4.90. The summed E-state index contributed by atoms with van der Waals surface area (Å²) < 4.78 is 25.9. The summed E-state index contributed by atoms with van der Waals surface area (Å²) in [7, 11) is -3.58. The largest absolute Gasteiger partial charge is 0.390 e. The van der Waals surface area contributed by atoms with Crippen LogP contribution in [-0.4, -0.2) is 14.3 Å². The molecule has 0 saturated carbocycles. The van der Waals surface area contributed by atoms with Crippen molar-refractivity contribution in [1.29, 1.82) is 0 Å². The van der Waals surface area contributed by atoms with Gasteiger partial charge in [-0.25, -0.2) is 0 Å². The van der Waals surface area contributed by atoms with Crippen molar-refractivity contribution in [3.8, 4) is 0 Å². The van der Waals surface area contributed by atoms with Crippen molar-refractivity contribution in [2.24, 2.45) is 10.3 Å². The van der Waals surface area contributed by atoms with Gasteiger partial charge < -0.3 is 4.84 Å². The molecule has 2 rings (SSSR count). The van der Waals surface area contributed by atoms with Gasteiger partial charge in [-0.3, -0.25) is 0 Å². The number of hydrogen-bond acceptors (Lipinski definition) is 4. The van der Waals surface area contributed by atoms with Gasteiger partial charge in [0.05, 0.1) is 5.56 Å². The number of nitrogens with zero attached hydrogens (tertiary/aromatic N) is 1. The molecular formula is C7H6N2O3S. The second-order valence-corrected chi connectivity index (χ2v) is 4.06. The lowest BCUT2D eigenvalue weighted by Crippen LogP contribution is -2.09. The number of fused-ring (bicyclic) bond motifs is 1. The van der Waals surface area contributed by atoms with E-state index in [1.165, 1.54) is 6.07 Å². The van der Waals surface area contributed by atoms with Crippen molar-refractivity contribution in [3.63, 3.8) is 0 Å². The third-order valence-corrected chi connectivity index (χ3v) is 3.03. The van der Waals surface area contributed by atoms with Gasteiger partial charge in [-0.2, -0.15) is 14.3 Å². The average Bonchev–Trinajstić information content (AvgIpc) is 2.39. The fraction of sp³-hybridized carbons (Fsp3) is 0. The van der Waals surface area contributed by atoms with Crippen LogP contribution in [0, 0.1) is 0 Å². The molecule has 0 fully saturated rings. The zero-order valence-corrected chi connectivity index (χ0v) is 7.28. The van der Waals surface area contributed by atoms with E-state index in [0.29, 0.717) is 5.56 Å². The van der Waals surface area contributed by atoms with Crippen molar-refractivity contribution < 1.29 is 13.3 Å². The molecule has 1 heterocycles. The first-order chi connectivity index (χ1) is 6.15. The lowest BCUT2D eigenvalue weighted by Gasteiger charge is -1.96.